The number of halogens is 1. The molecular formula is C12H28BrP. The van der Waals surface area contributed by atoms with E-state index in [2.05, 4.69) is 13.8 Å². The highest BCUT2D eigenvalue weighted by molar-refractivity contribution is 7.37. The summed E-state index contributed by atoms with van der Waals surface area (Å²) >= 11 is 0. The monoisotopic (exact) mass is 282 g/mol. The maximum Gasteiger partial charge on any atom is 0.0549 e. The lowest BCUT2D eigenvalue weighted by Crippen LogP contribution is -3.00. The third-order valence-corrected chi connectivity index (χ3v) is 4.16. The number of hydrogen-bond acceptors (Lipinski definition) is 0. The molecule has 0 aromatic heterocycles. The van der Waals surface area contributed by atoms with E-state index in [1.54, 1.807) is 12.3 Å². The van der Waals surface area contributed by atoms with E-state index in [1.807, 2.05) is 0 Å². The largest absolute Gasteiger partial charge is 1.00 e. The molecule has 0 N–H and O–H groups in total. The van der Waals surface area contributed by atoms with Crippen molar-refractivity contribution in [3.8, 4) is 0 Å². The van der Waals surface area contributed by atoms with E-state index in [1.165, 1.54) is 51.4 Å². The average molecular weight is 283 g/mol. The van der Waals surface area contributed by atoms with Crippen molar-refractivity contribution in [1.82, 2.24) is 0 Å². The Labute approximate surface area is 103 Å². The number of unbranched alkanes of at least 4 members (excludes halogenated alkanes) is 6. The molecule has 0 bridgehead atoms. The van der Waals surface area contributed by atoms with Gasteiger partial charge in [-0.2, -0.15) is 0 Å². The maximum absolute atomic E-state index is 2.30. The Morgan fingerprint density at radius 3 is 1.79 bits per heavy atom. The van der Waals surface area contributed by atoms with Gasteiger partial charge in [-0.3, -0.25) is 0 Å². The summed E-state index contributed by atoms with van der Waals surface area (Å²) in [5, 5.41) is 0. The van der Waals surface area contributed by atoms with E-state index < -0.39 is 0 Å². The van der Waals surface area contributed by atoms with Crippen LogP contribution in [-0.4, -0.2) is 12.3 Å². The van der Waals surface area contributed by atoms with Crippen LogP contribution in [-0.2, 0) is 0 Å². The average Bonchev–Trinajstić information content (AvgIpc) is 2.16. The van der Waals surface area contributed by atoms with Gasteiger partial charge < -0.3 is 17.0 Å². The van der Waals surface area contributed by atoms with Crippen LogP contribution in [0.4, 0.5) is 0 Å². The van der Waals surface area contributed by atoms with Crippen molar-refractivity contribution in [2.45, 2.75) is 65.2 Å². The van der Waals surface area contributed by atoms with Crippen LogP contribution in [0, 0.1) is 0 Å². The molecule has 0 aliphatic carbocycles. The first kappa shape index (κ1) is 17.3. The van der Waals surface area contributed by atoms with E-state index >= 15 is 0 Å². The molecule has 88 valence electrons. The molecule has 0 amide bonds. The van der Waals surface area contributed by atoms with Crippen LogP contribution in [0.2, 0.25) is 0 Å². The van der Waals surface area contributed by atoms with Gasteiger partial charge >= 0.3 is 0 Å². The minimum atomic E-state index is 0. The number of hydrogen-bond donors (Lipinski definition) is 0. The molecule has 0 aromatic rings. The molecule has 0 heterocycles. The Kier molecular flexibility index (Phi) is 20.2. The number of rotatable bonds is 10. The van der Waals surface area contributed by atoms with Gasteiger partial charge in [0.15, 0.2) is 0 Å². The quantitative estimate of drug-likeness (QED) is 0.422. The Balaban J connectivity index is 0. The summed E-state index contributed by atoms with van der Waals surface area (Å²) in [7, 11) is 0.806. The van der Waals surface area contributed by atoms with Crippen LogP contribution < -0.4 is 17.0 Å². The van der Waals surface area contributed by atoms with E-state index in [9.17, 15) is 0 Å². The zero-order chi connectivity index (χ0) is 9.78. The third kappa shape index (κ3) is 15.4. The van der Waals surface area contributed by atoms with Gasteiger partial charge in [0.05, 0.1) is 12.3 Å². The second kappa shape index (κ2) is 16.3. The first-order valence-electron chi connectivity index (χ1n) is 6.23. The smallest absolute Gasteiger partial charge is 0.0549 e. The predicted octanol–water partition coefficient (Wildman–Crippen LogP) is 1.56. The van der Waals surface area contributed by atoms with Gasteiger partial charge in [-0.05, 0) is 27.8 Å². The summed E-state index contributed by atoms with van der Waals surface area (Å²) in [5.41, 5.74) is 0. The lowest BCUT2D eigenvalue weighted by Gasteiger charge is -1.97. The van der Waals surface area contributed by atoms with Gasteiger partial charge in [-0.25, -0.2) is 0 Å². The van der Waals surface area contributed by atoms with Crippen molar-refractivity contribution in [2.24, 2.45) is 0 Å². The molecule has 1 atom stereocenters. The van der Waals surface area contributed by atoms with E-state index in [4.69, 9.17) is 0 Å². The van der Waals surface area contributed by atoms with Gasteiger partial charge in [0.25, 0.3) is 0 Å². The fraction of sp³-hybridized carbons (Fsp3) is 1.00. The van der Waals surface area contributed by atoms with Gasteiger partial charge in [-0.15, -0.1) is 0 Å². The topological polar surface area (TPSA) is 0 Å². The SMILES string of the molecule is CCCCCCCC[PH2+]CCCC.[Br-]. The minimum Gasteiger partial charge on any atom is -1.00 e. The Morgan fingerprint density at radius 2 is 1.14 bits per heavy atom. The summed E-state index contributed by atoms with van der Waals surface area (Å²) < 4.78 is 0. The lowest BCUT2D eigenvalue weighted by atomic mass is 10.1. The minimum absolute atomic E-state index is 0. The molecule has 1 unspecified atom stereocenters. The van der Waals surface area contributed by atoms with Crippen LogP contribution >= 0.6 is 8.58 Å². The molecule has 2 heteroatoms. The van der Waals surface area contributed by atoms with Gasteiger partial charge in [-0.1, -0.05) is 46.0 Å². The molecule has 14 heavy (non-hydrogen) atoms. The second-order valence-corrected chi connectivity index (χ2v) is 5.72. The van der Waals surface area contributed by atoms with Crippen molar-refractivity contribution in [2.75, 3.05) is 12.3 Å². The van der Waals surface area contributed by atoms with Gasteiger partial charge in [0.2, 0.25) is 0 Å². The van der Waals surface area contributed by atoms with Crippen LogP contribution in [0.5, 0.6) is 0 Å². The molecule has 0 saturated carbocycles. The fourth-order valence-electron chi connectivity index (χ4n) is 1.56. The Bertz CT molecular complexity index is 76.4. The molecule has 0 fully saturated rings. The van der Waals surface area contributed by atoms with Crippen LogP contribution in [0.3, 0.4) is 0 Å². The molecule has 0 rings (SSSR count). The van der Waals surface area contributed by atoms with Crippen molar-refractivity contribution < 1.29 is 17.0 Å². The van der Waals surface area contributed by atoms with Crippen LogP contribution in [0.15, 0.2) is 0 Å². The zero-order valence-corrected chi connectivity index (χ0v) is 12.8. The summed E-state index contributed by atoms with van der Waals surface area (Å²) in [5.74, 6) is 0. The first-order valence-corrected chi connectivity index (χ1v) is 7.86. The highest BCUT2D eigenvalue weighted by atomic mass is 79.9. The molecule has 0 aliphatic rings. The molecule has 0 spiro atoms. The second-order valence-electron chi connectivity index (χ2n) is 3.99. The first-order chi connectivity index (χ1) is 6.41. The molecule has 0 radical (unpaired) electrons. The van der Waals surface area contributed by atoms with E-state index in [0.717, 1.165) is 8.58 Å². The zero-order valence-electron chi connectivity index (χ0n) is 10.0. The fourth-order valence-corrected chi connectivity index (χ4v) is 3.12. The van der Waals surface area contributed by atoms with Crippen molar-refractivity contribution in [3.05, 3.63) is 0 Å². The molecule has 0 saturated heterocycles. The lowest BCUT2D eigenvalue weighted by molar-refractivity contribution is -0.00000293. The van der Waals surface area contributed by atoms with Gasteiger partial charge in [0, 0.05) is 0 Å². The summed E-state index contributed by atoms with van der Waals surface area (Å²) in [6.45, 7) is 4.58. The molecule has 0 aliphatic heterocycles. The van der Waals surface area contributed by atoms with Crippen molar-refractivity contribution in [3.63, 3.8) is 0 Å². The molecule has 0 nitrogen and oxygen atoms in total. The summed E-state index contributed by atoms with van der Waals surface area (Å²) in [6.07, 6.45) is 14.8. The van der Waals surface area contributed by atoms with Crippen molar-refractivity contribution >= 4 is 8.58 Å². The van der Waals surface area contributed by atoms with E-state index in [-0.39, 0.29) is 17.0 Å². The molecule has 0 aromatic carbocycles. The predicted molar refractivity (Wildman–Crippen MR) is 67.7 cm³/mol. The molecular weight excluding hydrogens is 255 g/mol. The Morgan fingerprint density at radius 1 is 0.643 bits per heavy atom. The summed E-state index contributed by atoms with van der Waals surface area (Å²) in [4.78, 5) is 0. The third-order valence-electron chi connectivity index (χ3n) is 2.52. The van der Waals surface area contributed by atoms with E-state index in [0.29, 0.717) is 0 Å². The van der Waals surface area contributed by atoms with Crippen LogP contribution in [0.1, 0.15) is 65.2 Å². The maximum atomic E-state index is 2.30. The highest BCUT2D eigenvalue weighted by Crippen LogP contribution is 2.16. The van der Waals surface area contributed by atoms with Gasteiger partial charge in [0.1, 0.15) is 0 Å². The van der Waals surface area contributed by atoms with Crippen LogP contribution in [0.25, 0.3) is 0 Å². The van der Waals surface area contributed by atoms with Crippen molar-refractivity contribution in [1.29, 1.82) is 0 Å². The standard InChI is InChI=1S/C12H27P.BrH/c1-3-5-7-8-9-10-12-13-11-6-4-2;/h13H,3-12H2,1-2H3;1H. The highest BCUT2D eigenvalue weighted by Gasteiger charge is 1.95. The Hall–Kier alpha value is 0.910. The normalized spacial score (nSPS) is 10.7. The summed E-state index contributed by atoms with van der Waals surface area (Å²) in [6, 6.07) is 0.